The summed E-state index contributed by atoms with van der Waals surface area (Å²) in [5, 5.41) is 3.63. The van der Waals surface area contributed by atoms with E-state index in [4.69, 9.17) is 16.1 Å². The molecule has 1 unspecified atom stereocenters. The zero-order valence-electron chi connectivity index (χ0n) is 8.65. The first-order valence-corrected chi connectivity index (χ1v) is 6.09. The van der Waals surface area contributed by atoms with Gasteiger partial charge in [0.1, 0.15) is 5.38 Å². The third-order valence-electron chi connectivity index (χ3n) is 2.10. The van der Waals surface area contributed by atoms with Crippen molar-refractivity contribution in [3.8, 4) is 0 Å². The van der Waals surface area contributed by atoms with Crippen LogP contribution in [0.25, 0.3) is 0 Å². The average molecular weight is 302 g/mol. The number of halogens is 2. The average Bonchev–Trinajstić information content (AvgIpc) is 2.70. The van der Waals surface area contributed by atoms with E-state index in [1.54, 1.807) is 6.92 Å². The fourth-order valence-electron chi connectivity index (χ4n) is 1.29. The highest BCUT2D eigenvalue weighted by atomic mass is 79.9. The highest BCUT2D eigenvalue weighted by Gasteiger charge is 2.11. The van der Waals surface area contributed by atoms with Crippen molar-refractivity contribution in [2.24, 2.45) is 0 Å². The molecule has 0 N–H and O–H groups in total. The summed E-state index contributed by atoms with van der Waals surface area (Å²) in [4.78, 5) is 4.21. The number of aromatic nitrogens is 2. The zero-order chi connectivity index (χ0) is 11.5. The fourth-order valence-corrected chi connectivity index (χ4v) is 1.64. The molecule has 0 spiro atoms. The van der Waals surface area contributed by atoms with E-state index < -0.39 is 0 Å². The Labute approximate surface area is 107 Å². The molecule has 0 aliphatic rings. The maximum absolute atomic E-state index is 5.84. The second-order valence-corrected chi connectivity index (χ2v) is 5.04. The van der Waals surface area contributed by atoms with Gasteiger partial charge >= 0.3 is 0 Å². The van der Waals surface area contributed by atoms with Gasteiger partial charge in [0.15, 0.2) is 5.82 Å². The molecule has 5 heteroatoms. The van der Waals surface area contributed by atoms with Crippen LogP contribution in [0.5, 0.6) is 0 Å². The Bertz CT molecular complexity index is 467. The van der Waals surface area contributed by atoms with Crippen LogP contribution in [0, 0.1) is 0 Å². The van der Waals surface area contributed by atoms with E-state index in [1.165, 1.54) is 0 Å². The lowest BCUT2D eigenvalue weighted by molar-refractivity contribution is 0.374. The van der Waals surface area contributed by atoms with Gasteiger partial charge in [-0.25, -0.2) is 0 Å². The van der Waals surface area contributed by atoms with Crippen LogP contribution < -0.4 is 0 Å². The fraction of sp³-hybridized carbons (Fsp3) is 0.273. The highest BCUT2D eigenvalue weighted by Crippen LogP contribution is 2.18. The van der Waals surface area contributed by atoms with Gasteiger partial charge in [-0.2, -0.15) is 4.98 Å². The zero-order valence-corrected chi connectivity index (χ0v) is 11.0. The summed E-state index contributed by atoms with van der Waals surface area (Å²) in [6.45, 7) is 1.80. The molecule has 1 heterocycles. The van der Waals surface area contributed by atoms with E-state index in [0.29, 0.717) is 18.1 Å². The second kappa shape index (κ2) is 4.97. The summed E-state index contributed by atoms with van der Waals surface area (Å²) in [5.74, 6) is 1.12. The standard InChI is InChI=1S/C11H10BrClN2O/c1-7(13)11-14-10(15-16-11)6-8-2-4-9(12)5-3-8/h2-5,7H,6H2,1H3. The minimum atomic E-state index is -0.244. The molecular formula is C11H10BrClN2O. The molecule has 2 aromatic rings. The van der Waals surface area contributed by atoms with Gasteiger partial charge in [0, 0.05) is 10.9 Å². The Kier molecular flexibility index (Phi) is 3.61. The summed E-state index contributed by atoms with van der Waals surface area (Å²) >= 11 is 9.22. The monoisotopic (exact) mass is 300 g/mol. The Balaban J connectivity index is 2.11. The van der Waals surface area contributed by atoms with Crippen LogP contribution in [0.1, 0.15) is 29.6 Å². The molecule has 0 saturated carbocycles. The predicted molar refractivity (Wildman–Crippen MR) is 65.5 cm³/mol. The Hall–Kier alpha value is -0.870. The van der Waals surface area contributed by atoms with Crippen LogP contribution in [0.2, 0.25) is 0 Å². The van der Waals surface area contributed by atoms with E-state index in [-0.39, 0.29) is 5.38 Å². The summed E-state index contributed by atoms with van der Waals surface area (Å²) < 4.78 is 6.07. The normalized spacial score (nSPS) is 12.7. The molecule has 2 rings (SSSR count). The van der Waals surface area contributed by atoms with Gasteiger partial charge in [-0.15, -0.1) is 11.6 Å². The van der Waals surface area contributed by atoms with Crippen LogP contribution in [0.15, 0.2) is 33.3 Å². The third-order valence-corrected chi connectivity index (χ3v) is 2.81. The molecular weight excluding hydrogens is 291 g/mol. The largest absolute Gasteiger partial charge is 0.338 e. The van der Waals surface area contributed by atoms with Gasteiger partial charge in [0.05, 0.1) is 0 Å². The minimum Gasteiger partial charge on any atom is -0.338 e. The Morgan fingerprint density at radius 3 is 2.62 bits per heavy atom. The van der Waals surface area contributed by atoms with Crippen molar-refractivity contribution in [2.75, 3.05) is 0 Å². The summed E-state index contributed by atoms with van der Waals surface area (Å²) in [7, 11) is 0. The topological polar surface area (TPSA) is 38.9 Å². The Morgan fingerprint density at radius 2 is 2.06 bits per heavy atom. The molecule has 0 saturated heterocycles. The number of benzene rings is 1. The molecule has 3 nitrogen and oxygen atoms in total. The van der Waals surface area contributed by atoms with Gasteiger partial charge in [-0.1, -0.05) is 33.2 Å². The predicted octanol–water partition coefficient (Wildman–Crippen LogP) is 3.72. The summed E-state index contributed by atoms with van der Waals surface area (Å²) in [5.41, 5.74) is 1.14. The lowest BCUT2D eigenvalue weighted by atomic mass is 10.1. The van der Waals surface area contributed by atoms with Gasteiger partial charge in [0.2, 0.25) is 5.89 Å². The highest BCUT2D eigenvalue weighted by molar-refractivity contribution is 9.10. The molecule has 1 aromatic carbocycles. The van der Waals surface area contributed by atoms with Gasteiger partial charge in [-0.3, -0.25) is 0 Å². The van der Waals surface area contributed by atoms with Crippen LogP contribution in [-0.2, 0) is 6.42 Å². The maximum atomic E-state index is 5.84. The third kappa shape index (κ3) is 2.83. The molecule has 0 aliphatic carbocycles. The van der Waals surface area contributed by atoms with Crippen molar-refractivity contribution < 1.29 is 4.52 Å². The van der Waals surface area contributed by atoms with Crippen LogP contribution in [0.3, 0.4) is 0 Å². The van der Waals surface area contributed by atoms with Crippen molar-refractivity contribution >= 4 is 27.5 Å². The number of alkyl halides is 1. The second-order valence-electron chi connectivity index (χ2n) is 3.47. The van der Waals surface area contributed by atoms with Crippen LogP contribution >= 0.6 is 27.5 Å². The summed E-state index contributed by atoms with van der Waals surface area (Å²) in [6, 6.07) is 8.01. The molecule has 16 heavy (non-hydrogen) atoms. The smallest absolute Gasteiger partial charge is 0.244 e. The minimum absolute atomic E-state index is 0.244. The Morgan fingerprint density at radius 1 is 1.38 bits per heavy atom. The first kappa shape index (κ1) is 11.6. The van der Waals surface area contributed by atoms with Crippen molar-refractivity contribution in [3.63, 3.8) is 0 Å². The molecule has 0 bridgehead atoms. The number of nitrogens with zero attached hydrogens (tertiary/aromatic N) is 2. The first-order valence-electron chi connectivity index (χ1n) is 4.86. The number of hydrogen-bond acceptors (Lipinski definition) is 3. The van der Waals surface area contributed by atoms with E-state index in [2.05, 4.69) is 26.1 Å². The quantitative estimate of drug-likeness (QED) is 0.811. The lowest BCUT2D eigenvalue weighted by Crippen LogP contribution is -1.91. The van der Waals surface area contributed by atoms with Crippen molar-refractivity contribution in [1.29, 1.82) is 0 Å². The van der Waals surface area contributed by atoms with E-state index in [1.807, 2.05) is 24.3 Å². The lowest BCUT2D eigenvalue weighted by Gasteiger charge is -1.96. The van der Waals surface area contributed by atoms with Crippen LogP contribution in [0.4, 0.5) is 0 Å². The molecule has 1 aromatic heterocycles. The van der Waals surface area contributed by atoms with E-state index in [9.17, 15) is 0 Å². The van der Waals surface area contributed by atoms with Crippen molar-refractivity contribution in [3.05, 3.63) is 46.0 Å². The molecule has 0 amide bonds. The van der Waals surface area contributed by atoms with Crippen molar-refractivity contribution in [1.82, 2.24) is 10.1 Å². The maximum Gasteiger partial charge on any atom is 0.244 e. The molecule has 84 valence electrons. The van der Waals surface area contributed by atoms with Gasteiger partial charge in [-0.05, 0) is 24.6 Å². The van der Waals surface area contributed by atoms with Crippen molar-refractivity contribution in [2.45, 2.75) is 18.7 Å². The van der Waals surface area contributed by atoms with E-state index in [0.717, 1.165) is 10.0 Å². The molecule has 0 aliphatic heterocycles. The molecule has 0 fully saturated rings. The number of hydrogen-bond donors (Lipinski definition) is 0. The van der Waals surface area contributed by atoms with E-state index >= 15 is 0 Å². The molecule has 0 radical (unpaired) electrons. The first-order chi connectivity index (χ1) is 7.65. The number of rotatable bonds is 3. The van der Waals surface area contributed by atoms with Gasteiger partial charge in [0.25, 0.3) is 0 Å². The summed E-state index contributed by atoms with van der Waals surface area (Å²) in [6.07, 6.45) is 0.653. The van der Waals surface area contributed by atoms with Crippen LogP contribution in [-0.4, -0.2) is 10.1 Å². The molecule has 1 atom stereocenters. The SMILES string of the molecule is CC(Cl)c1nc(Cc2ccc(Br)cc2)no1. The van der Waals surface area contributed by atoms with Gasteiger partial charge < -0.3 is 4.52 Å².